The summed E-state index contributed by atoms with van der Waals surface area (Å²) < 4.78 is 26.7. The minimum Gasteiger partial charge on any atom is -0.320 e. The van der Waals surface area contributed by atoms with Gasteiger partial charge in [0.05, 0.1) is 5.75 Å². The minimum absolute atomic E-state index is 0.0228. The van der Waals surface area contributed by atoms with Crippen molar-refractivity contribution in [1.82, 2.24) is 4.98 Å². The van der Waals surface area contributed by atoms with Gasteiger partial charge in [-0.2, -0.15) is 0 Å². The molecule has 0 aliphatic carbocycles. The summed E-state index contributed by atoms with van der Waals surface area (Å²) in [6.07, 6.45) is 0. The van der Waals surface area contributed by atoms with E-state index in [1.165, 1.54) is 6.07 Å². The molecule has 0 fully saturated rings. The Morgan fingerprint density at radius 3 is 2.41 bits per heavy atom. The van der Waals surface area contributed by atoms with Crippen molar-refractivity contribution in [3.05, 3.63) is 76.6 Å². The summed E-state index contributed by atoms with van der Waals surface area (Å²) in [5.74, 6) is -0.180. The Hall–Kier alpha value is -2.60. The van der Waals surface area contributed by atoms with Gasteiger partial charge in [-0.3, -0.25) is 9.52 Å². The monoisotopic (exact) mass is 314 g/mol. The third-order valence-corrected chi connectivity index (χ3v) is 4.46. The van der Waals surface area contributed by atoms with Crippen LogP contribution in [0.4, 0.5) is 5.69 Å². The first-order valence-electron chi connectivity index (χ1n) is 6.70. The number of hydrogen-bond acceptors (Lipinski definition) is 3. The fourth-order valence-electron chi connectivity index (χ4n) is 2.22. The fourth-order valence-corrected chi connectivity index (χ4v) is 3.41. The molecule has 0 saturated heterocycles. The van der Waals surface area contributed by atoms with Crippen LogP contribution in [0, 0.1) is 0 Å². The number of rotatable bonds is 4. The van der Waals surface area contributed by atoms with Gasteiger partial charge in [-0.15, -0.1) is 0 Å². The van der Waals surface area contributed by atoms with Crippen molar-refractivity contribution in [2.45, 2.75) is 5.75 Å². The van der Waals surface area contributed by atoms with Crippen LogP contribution in [0.1, 0.15) is 5.56 Å². The zero-order valence-corrected chi connectivity index (χ0v) is 12.4. The number of nitrogens with one attached hydrogen (secondary N) is 2. The number of pyridine rings is 1. The Bertz CT molecular complexity index is 963. The van der Waals surface area contributed by atoms with Gasteiger partial charge in [0, 0.05) is 10.9 Å². The van der Waals surface area contributed by atoms with Crippen molar-refractivity contribution in [2.75, 3.05) is 4.72 Å². The van der Waals surface area contributed by atoms with E-state index >= 15 is 0 Å². The molecule has 0 aliphatic heterocycles. The Morgan fingerprint density at radius 1 is 0.955 bits per heavy atom. The molecule has 2 aromatic carbocycles. The number of aromatic amines is 1. The lowest BCUT2D eigenvalue weighted by atomic mass is 10.2. The third kappa shape index (κ3) is 3.17. The molecule has 3 aromatic rings. The molecular weight excluding hydrogens is 300 g/mol. The van der Waals surface area contributed by atoms with E-state index in [1.54, 1.807) is 42.5 Å². The molecule has 112 valence electrons. The minimum atomic E-state index is -3.65. The van der Waals surface area contributed by atoms with Gasteiger partial charge in [0.15, 0.2) is 0 Å². The lowest BCUT2D eigenvalue weighted by Gasteiger charge is -2.08. The fraction of sp³-hybridized carbons (Fsp3) is 0.0625. The van der Waals surface area contributed by atoms with Gasteiger partial charge in [-0.25, -0.2) is 8.42 Å². The van der Waals surface area contributed by atoms with Crippen molar-refractivity contribution in [1.29, 1.82) is 0 Å². The highest BCUT2D eigenvalue weighted by Gasteiger charge is 2.14. The van der Waals surface area contributed by atoms with Gasteiger partial charge >= 0.3 is 0 Å². The van der Waals surface area contributed by atoms with Gasteiger partial charge in [0.1, 0.15) is 5.69 Å². The summed E-state index contributed by atoms with van der Waals surface area (Å²) >= 11 is 0. The van der Waals surface area contributed by atoms with Crippen molar-refractivity contribution < 1.29 is 8.42 Å². The molecule has 2 N–H and O–H groups in total. The third-order valence-electron chi connectivity index (χ3n) is 3.22. The zero-order chi connectivity index (χ0) is 15.6. The van der Waals surface area contributed by atoms with E-state index in [-0.39, 0.29) is 11.4 Å². The smallest absolute Gasteiger partial charge is 0.272 e. The standard InChI is InChI=1S/C16H14N2O3S/c19-16-15(10-13-8-4-5-9-14(13)17-16)18-22(20,21)11-12-6-2-1-3-7-12/h1-10,18H,11H2,(H,17,19). The number of benzene rings is 2. The summed E-state index contributed by atoms with van der Waals surface area (Å²) in [5.41, 5.74) is 0.885. The van der Waals surface area contributed by atoms with Crippen LogP contribution >= 0.6 is 0 Å². The molecule has 0 spiro atoms. The number of hydrogen-bond donors (Lipinski definition) is 2. The van der Waals surface area contributed by atoms with E-state index in [2.05, 4.69) is 9.71 Å². The first kappa shape index (κ1) is 14.3. The van der Waals surface area contributed by atoms with Crippen LogP contribution in [0.2, 0.25) is 0 Å². The van der Waals surface area contributed by atoms with Crippen LogP contribution < -0.4 is 10.3 Å². The quantitative estimate of drug-likeness (QED) is 0.776. The molecule has 0 bridgehead atoms. The lowest BCUT2D eigenvalue weighted by Crippen LogP contribution is -2.21. The van der Waals surface area contributed by atoms with Gasteiger partial charge < -0.3 is 4.98 Å². The zero-order valence-electron chi connectivity index (χ0n) is 11.6. The van der Waals surface area contributed by atoms with E-state index < -0.39 is 15.6 Å². The number of anilines is 1. The van der Waals surface area contributed by atoms with E-state index in [4.69, 9.17) is 0 Å². The highest BCUT2D eigenvalue weighted by Crippen LogP contribution is 2.15. The van der Waals surface area contributed by atoms with Crippen LogP contribution in [0.5, 0.6) is 0 Å². The number of fused-ring (bicyclic) bond motifs is 1. The first-order valence-corrected chi connectivity index (χ1v) is 8.35. The van der Waals surface area contributed by atoms with Crippen molar-refractivity contribution in [2.24, 2.45) is 0 Å². The van der Waals surface area contributed by atoms with Gasteiger partial charge in [0.2, 0.25) is 10.0 Å². The summed E-state index contributed by atoms with van der Waals surface area (Å²) in [4.78, 5) is 14.6. The van der Waals surface area contributed by atoms with Gasteiger partial charge in [0.25, 0.3) is 5.56 Å². The van der Waals surface area contributed by atoms with E-state index in [9.17, 15) is 13.2 Å². The summed E-state index contributed by atoms with van der Waals surface area (Å²) in [7, 11) is -3.65. The molecule has 0 unspecified atom stereocenters. The summed E-state index contributed by atoms with van der Waals surface area (Å²) in [6.45, 7) is 0. The second kappa shape index (κ2) is 5.65. The summed E-state index contributed by atoms with van der Waals surface area (Å²) in [5, 5.41) is 0.763. The van der Waals surface area contributed by atoms with Crippen LogP contribution in [0.25, 0.3) is 10.9 Å². The molecule has 5 nitrogen and oxygen atoms in total. The van der Waals surface area contributed by atoms with Crippen LogP contribution in [-0.2, 0) is 15.8 Å². The molecule has 22 heavy (non-hydrogen) atoms. The molecule has 0 amide bonds. The molecule has 3 rings (SSSR count). The maximum absolute atomic E-state index is 12.2. The SMILES string of the molecule is O=c1[nH]c2ccccc2cc1NS(=O)(=O)Cc1ccccc1. The predicted molar refractivity (Wildman–Crippen MR) is 87.3 cm³/mol. The lowest BCUT2D eigenvalue weighted by molar-refractivity contribution is 0.600. The summed E-state index contributed by atoms with van der Waals surface area (Å²) in [6, 6.07) is 17.5. The molecule has 0 atom stereocenters. The van der Waals surface area contributed by atoms with Crippen LogP contribution in [-0.4, -0.2) is 13.4 Å². The Labute approximate surface area is 127 Å². The first-order chi connectivity index (χ1) is 10.5. The van der Waals surface area contributed by atoms with Crippen molar-refractivity contribution in [3.63, 3.8) is 0 Å². The molecule has 0 saturated carbocycles. The number of aromatic nitrogens is 1. The van der Waals surface area contributed by atoms with E-state index in [0.29, 0.717) is 11.1 Å². The van der Waals surface area contributed by atoms with Crippen LogP contribution in [0.15, 0.2) is 65.5 Å². The molecule has 1 aromatic heterocycles. The average molecular weight is 314 g/mol. The second-order valence-electron chi connectivity index (χ2n) is 4.95. The average Bonchev–Trinajstić information content (AvgIpc) is 2.48. The maximum Gasteiger partial charge on any atom is 0.272 e. The maximum atomic E-state index is 12.2. The molecule has 6 heteroatoms. The van der Waals surface area contributed by atoms with Crippen molar-refractivity contribution >= 4 is 26.6 Å². The van der Waals surface area contributed by atoms with E-state index in [0.717, 1.165) is 5.39 Å². The topological polar surface area (TPSA) is 79.0 Å². The highest BCUT2D eigenvalue weighted by molar-refractivity contribution is 7.91. The predicted octanol–water partition coefficient (Wildman–Crippen LogP) is 2.47. The largest absolute Gasteiger partial charge is 0.320 e. The number of para-hydroxylation sites is 1. The molecular formula is C16H14N2O3S. The Balaban J connectivity index is 1.92. The van der Waals surface area contributed by atoms with Gasteiger partial charge in [-0.1, -0.05) is 48.5 Å². The molecule has 0 aliphatic rings. The van der Waals surface area contributed by atoms with Gasteiger partial charge in [-0.05, 0) is 17.7 Å². The Morgan fingerprint density at radius 2 is 1.64 bits per heavy atom. The molecule has 1 heterocycles. The number of H-pyrrole nitrogens is 1. The highest BCUT2D eigenvalue weighted by atomic mass is 32.2. The second-order valence-corrected chi connectivity index (χ2v) is 6.67. The van der Waals surface area contributed by atoms with Crippen molar-refractivity contribution in [3.8, 4) is 0 Å². The Kier molecular flexibility index (Phi) is 3.68. The normalized spacial score (nSPS) is 11.5. The van der Waals surface area contributed by atoms with Crippen LogP contribution in [0.3, 0.4) is 0 Å². The molecule has 0 radical (unpaired) electrons. The number of sulfonamides is 1. The van der Waals surface area contributed by atoms with E-state index in [1.807, 2.05) is 12.1 Å².